The molecule has 0 bridgehead atoms. The van der Waals surface area contributed by atoms with Crippen LogP contribution in [0.1, 0.15) is 24.8 Å². The minimum atomic E-state index is -0.0568. The van der Waals surface area contributed by atoms with E-state index in [0.717, 1.165) is 56.9 Å². The highest BCUT2D eigenvalue weighted by Gasteiger charge is 2.40. The van der Waals surface area contributed by atoms with Crippen molar-refractivity contribution in [3.05, 3.63) is 36.3 Å². The summed E-state index contributed by atoms with van der Waals surface area (Å²) in [5.41, 5.74) is 3.29. The maximum atomic E-state index is 6.02. The Morgan fingerprint density at radius 3 is 3.00 bits per heavy atom. The van der Waals surface area contributed by atoms with Crippen molar-refractivity contribution in [2.45, 2.75) is 37.5 Å². The highest BCUT2D eigenvalue weighted by molar-refractivity contribution is 5.61. The first-order chi connectivity index (χ1) is 11.7. The molecule has 2 aromatic heterocycles. The summed E-state index contributed by atoms with van der Waals surface area (Å²) in [5, 5.41) is 8.33. The van der Waals surface area contributed by atoms with Gasteiger partial charge in [0.15, 0.2) is 0 Å². The lowest BCUT2D eigenvalue weighted by Gasteiger charge is -2.37. The molecular formula is C18H24N4O2. The fourth-order valence-electron chi connectivity index (χ4n) is 3.74. The molecule has 128 valence electrons. The van der Waals surface area contributed by atoms with Gasteiger partial charge in [0.1, 0.15) is 0 Å². The molecule has 6 heteroatoms. The average Bonchev–Trinajstić information content (AvgIpc) is 3.21. The standard InChI is InChI=1S/C18H24N4O2/c1-22-12-15(17(21-22)14-2-6-19-7-3-14)11-20-16-4-8-24-18(10-16)5-9-23-13-18/h2-3,6-7,12,16,20H,4-5,8-11,13H2,1H3. The summed E-state index contributed by atoms with van der Waals surface area (Å²) in [6.07, 6.45) is 8.80. The van der Waals surface area contributed by atoms with E-state index in [1.807, 2.05) is 36.3 Å². The van der Waals surface area contributed by atoms with Crippen LogP contribution in [0.4, 0.5) is 0 Å². The van der Waals surface area contributed by atoms with Crippen molar-refractivity contribution < 1.29 is 9.47 Å². The van der Waals surface area contributed by atoms with Gasteiger partial charge in [-0.1, -0.05) is 0 Å². The third-order valence-corrected chi connectivity index (χ3v) is 5.00. The van der Waals surface area contributed by atoms with Crippen LogP contribution in [0.3, 0.4) is 0 Å². The molecule has 0 amide bonds. The minimum Gasteiger partial charge on any atom is -0.378 e. The fraction of sp³-hybridized carbons (Fsp3) is 0.556. The Bertz CT molecular complexity index is 680. The van der Waals surface area contributed by atoms with Crippen molar-refractivity contribution in [1.82, 2.24) is 20.1 Å². The van der Waals surface area contributed by atoms with Gasteiger partial charge in [-0.2, -0.15) is 5.10 Å². The second kappa shape index (κ2) is 6.63. The second-order valence-corrected chi connectivity index (χ2v) is 6.82. The SMILES string of the molecule is Cn1cc(CNC2CCOC3(CCOC3)C2)c(-c2ccncc2)n1. The molecule has 4 rings (SSSR count). The van der Waals surface area contributed by atoms with Crippen molar-refractivity contribution in [3.63, 3.8) is 0 Å². The highest BCUT2D eigenvalue weighted by Crippen LogP contribution is 2.33. The van der Waals surface area contributed by atoms with Crippen molar-refractivity contribution >= 4 is 0 Å². The number of ether oxygens (including phenoxy) is 2. The topological polar surface area (TPSA) is 61.2 Å². The summed E-state index contributed by atoms with van der Waals surface area (Å²) in [6.45, 7) is 3.18. The third-order valence-electron chi connectivity index (χ3n) is 5.00. The first kappa shape index (κ1) is 15.7. The van der Waals surface area contributed by atoms with E-state index in [0.29, 0.717) is 6.04 Å². The highest BCUT2D eigenvalue weighted by atomic mass is 16.6. The molecule has 2 fully saturated rings. The first-order valence-electron chi connectivity index (χ1n) is 8.62. The monoisotopic (exact) mass is 328 g/mol. The zero-order valence-corrected chi connectivity index (χ0v) is 14.1. The van der Waals surface area contributed by atoms with Gasteiger partial charge in [-0.15, -0.1) is 0 Å². The van der Waals surface area contributed by atoms with Gasteiger partial charge in [0, 0.05) is 69.0 Å². The van der Waals surface area contributed by atoms with Crippen molar-refractivity contribution in [3.8, 4) is 11.3 Å². The molecule has 1 N–H and O–H groups in total. The maximum absolute atomic E-state index is 6.02. The summed E-state index contributed by atoms with van der Waals surface area (Å²) in [4.78, 5) is 4.09. The Hall–Kier alpha value is -1.76. The molecule has 0 radical (unpaired) electrons. The molecule has 2 aliphatic heterocycles. The van der Waals surface area contributed by atoms with Crippen LogP contribution >= 0.6 is 0 Å². The van der Waals surface area contributed by atoms with Gasteiger partial charge in [-0.05, 0) is 25.0 Å². The lowest BCUT2D eigenvalue weighted by atomic mass is 9.89. The van der Waals surface area contributed by atoms with Crippen LogP contribution in [0, 0.1) is 0 Å². The van der Waals surface area contributed by atoms with Crippen LogP contribution in [0.15, 0.2) is 30.7 Å². The summed E-state index contributed by atoms with van der Waals surface area (Å²) in [5.74, 6) is 0. The molecule has 2 aliphatic rings. The molecule has 24 heavy (non-hydrogen) atoms. The van der Waals surface area contributed by atoms with Crippen LogP contribution in [0.2, 0.25) is 0 Å². The summed E-state index contributed by atoms with van der Waals surface area (Å²) in [6, 6.07) is 4.47. The number of nitrogens with zero attached hydrogens (tertiary/aromatic N) is 3. The van der Waals surface area contributed by atoms with Gasteiger partial charge in [-0.3, -0.25) is 9.67 Å². The third kappa shape index (κ3) is 3.22. The zero-order chi connectivity index (χ0) is 16.4. The van der Waals surface area contributed by atoms with E-state index in [9.17, 15) is 0 Å². The number of hydrogen-bond donors (Lipinski definition) is 1. The summed E-state index contributed by atoms with van der Waals surface area (Å²) >= 11 is 0. The van der Waals surface area contributed by atoms with Gasteiger partial charge >= 0.3 is 0 Å². The van der Waals surface area contributed by atoms with Gasteiger partial charge in [0.05, 0.1) is 17.9 Å². The quantitative estimate of drug-likeness (QED) is 0.929. The number of aromatic nitrogens is 3. The number of rotatable bonds is 4. The number of nitrogens with one attached hydrogen (secondary N) is 1. The number of hydrogen-bond acceptors (Lipinski definition) is 5. The Labute approximate surface area is 142 Å². The van der Waals surface area contributed by atoms with E-state index in [1.54, 1.807) is 0 Å². The summed E-state index contributed by atoms with van der Waals surface area (Å²) < 4.78 is 13.5. The Morgan fingerprint density at radius 1 is 1.33 bits per heavy atom. The van der Waals surface area contributed by atoms with E-state index < -0.39 is 0 Å². The maximum Gasteiger partial charge on any atom is 0.0969 e. The van der Waals surface area contributed by atoms with E-state index in [-0.39, 0.29) is 5.60 Å². The first-order valence-corrected chi connectivity index (χ1v) is 8.62. The van der Waals surface area contributed by atoms with Crippen molar-refractivity contribution in [2.24, 2.45) is 7.05 Å². The molecule has 4 heterocycles. The van der Waals surface area contributed by atoms with Crippen LogP contribution < -0.4 is 5.32 Å². The predicted molar refractivity (Wildman–Crippen MR) is 90.4 cm³/mol. The van der Waals surface area contributed by atoms with E-state index in [4.69, 9.17) is 9.47 Å². The van der Waals surface area contributed by atoms with Crippen LogP contribution in [0.25, 0.3) is 11.3 Å². The Kier molecular flexibility index (Phi) is 4.35. The average molecular weight is 328 g/mol. The lowest BCUT2D eigenvalue weighted by Crippen LogP contribution is -2.47. The molecule has 2 saturated heterocycles. The Morgan fingerprint density at radius 2 is 2.21 bits per heavy atom. The summed E-state index contributed by atoms with van der Waals surface area (Å²) in [7, 11) is 1.97. The lowest BCUT2D eigenvalue weighted by molar-refractivity contribution is -0.0894. The fourth-order valence-corrected chi connectivity index (χ4v) is 3.74. The van der Waals surface area contributed by atoms with Gasteiger partial charge in [-0.25, -0.2) is 0 Å². The number of pyridine rings is 1. The number of aryl methyl sites for hydroxylation is 1. The van der Waals surface area contributed by atoms with Crippen LogP contribution in [-0.2, 0) is 23.1 Å². The largest absolute Gasteiger partial charge is 0.378 e. The van der Waals surface area contributed by atoms with Crippen molar-refractivity contribution in [2.75, 3.05) is 19.8 Å². The van der Waals surface area contributed by atoms with E-state index in [1.165, 1.54) is 5.56 Å². The molecule has 2 atom stereocenters. The minimum absolute atomic E-state index is 0.0568. The van der Waals surface area contributed by atoms with Crippen molar-refractivity contribution in [1.29, 1.82) is 0 Å². The zero-order valence-electron chi connectivity index (χ0n) is 14.1. The molecule has 0 saturated carbocycles. The van der Waals surface area contributed by atoms with E-state index >= 15 is 0 Å². The van der Waals surface area contributed by atoms with Gasteiger partial charge in [0.25, 0.3) is 0 Å². The normalized spacial score (nSPS) is 27.0. The van der Waals surface area contributed by atoms with Crippen LogP contribution in [-0.4, -0.2) is 46.2 Å². The van der Waals surface area contributed by atoms with Crippen LogP contribution in [0.5, 0.6) is 0 Å². The van der Waals surface area contributed by atoms with Gasteiger partial charge < -0.3 is 14.8 Å². The predicted octanol–water partition coefficient (Wildman–Crippen LogP) is 1.91. The molecule has 6 nitrogen and oxygen atoms in total. The second-order valence-electron chi connectivity index (χ2n) is 6.82. The molecule has 0 aliphatic carbocycles. The Balaban J connectivity index is 1.44. The van der Waals surface area contributed by atoms with Gasteiger partial charge in [0.2, 0.25) is 0 Å². The molecule has 0 aromatic carbocycles. The molecule has 1 spiro atoms. The smallest absolute Gasteiger partial charge is 0.0969 e. The molecular weight excluding hydrogens is 304 g/mol. The molecule has 2 unspecified atom stereocenters. The van der Waals surface area contributed by atoms with E-state index in [2.05, 4.69) is 21.6 Å². The molecule has 2 aromatic rings.